The maximum Gasteiger partial charge on any atom is 0.344 e. The van der Waals surface area contributed by atoms with E-state index in [1.54, 1.807) is 25.1 Å². The number of aliphatic hydroxyl groups excluding tert-OH is 1. The number of hydrogen-bond donors (Lipinski definition) is 2. The van der Waals surface area contributed by atoms with E-state index in [1.807, 2.05) is 0 Å². The number of aliphatic carboxylic acids is 1. The molecule has 0 bridgehead atoms. The molecule has 0 spiro atoms. The van der Waals surface area contributed by atoms with Crippen LogP contribution < -0.4 is 9.47 Å². The van der Waals surface area contributed by atoms with Crippen LogP contribution in [0.4, 0.5) is 0 Å². The van der Waals surface area contributed by atoms with E-state index in [-0.39, 0.29) is 0 Å². The summed E-state index contributed by atoms with van der Waals surface area (Å²) in [6.45, 7) is 3.01. The summed E-state index contributed by atoms with van der Waals surface area (Å²) in [5.41, 5.74) is 0.527. The number of carbonyl (C=O) groups is 1. The third-order valence-corrected chi connectivity index (χ3v) is 2.32. The fourth-order valence-electron chi connectivity index (χ4n) is 1.33. The number of hydrogen-bond acceptors (Lipinski definition) is 4. The van der Waals surface area contributed by atoms with Crippen molar-refractivity contribution in [1.29, 1.82) is 0 Å². The van der Waals surface area contributed by atoms with E-state index in [9.17, 15) is 9.90 Å². The van der Waals surface area contributed by atoms with E-state index in [2.05, 4.69) is 0 Å². The molecule has 0 saturated heterocycles. The van der Waals surface area contributed by atoms with E-state index in [0.717, 1.165) is 0 Å². The van der Waals surface area contributed by atoms with Gasteiger partial charge in [-0.15, -0.1) is 0 Å². The van der Waals surface area contributed by atoms with Crippen molar-refractivity contribution in [3.05, 3.63) is 23.8 Å². The Hall–Kier alpha value is -1.75. The van der Waals surface area contributed by atoms with Crippen LogP contribution >= 0.6 is 0 Å². The second kappa shape index (κ2) is 5.54. The molecule has 5 nitrogen and oxygen atoms in total. The molecule has 0 aromatic heterocycles. The Labute approximate surface area is 99.6 Å². The molecule has 0 aliphatic heterocycles. The van der Waals surface area contributed by atoms with E-state index in [0.29, 0.717) is 17.1 Å². The maximum absolute atomic E-state index is 10.7. The van der Waals surface area contributed by atoms with Crippen LogP contribution in [0.15, 0.2) is 18.2 Å². The zero-order valence-corrected chi connectivity index (χ0v) is 10.0. The fourth-order valence-corrected chi connectivity index (χ4v) is 1.33. The normalized spacial score (nSPS) is 13.9. The van der Waals surface area contributed by atoms with Gasteiger partial charge in [0.2, 0.25) is 0 Å². The number of carboxylic acid groups (broad SMARTS) is 1. The van der Waals surface area contributed by atoms with E-state index < -0.39 is 18.2 Å². The number of aliphatic hydroxyl groups is 1. The summed E-state index contributed by atoms with van der Waals surface area (Å²) in [7, 11) is 1.50. The van der Waals surface area contributed by atoms with Gasteiger partial charge >= 0.3 is 5.97 Å². The van der Waals surface area contributed by atoms with Gasteiger partial charge in [0.15, 0.2) is 6.10 Å². The van der Waals surface area contributed by atoms with Crippen LogP contribution in [-0.4, -0.2) is 29.4 Å². The zero-order chi connectivity index (χ0) is 13.0. The molecule has 0 saturated carbocycles. The summed E-state index contributed by atoms with van der Waals surface area (Å²) in [5.74, 6) is -0.208. The summed E-state index contributed by atoms with van der Waals surface area (Å²) < 4.78 is 10.3. The van der Waals surface area contributed by atoms with Gasteiger partial charge in [0.05, 0.1) is 13.2 Å². The molecular weight excluding hydrogens is 224 g/mol. The molecule has 1 unspecified atom stereocenters. The quantitative estimate of drug-likeness (QED) is 0.817. The van der Waals surface area contributed by atoms with Crippen LogP contribution in [0.25, 0.3) is 0 Å². The number of benzene rings is 1. The SMILES string of the molecule is COc1ccc([C@@H](C)O)c(OC(C)C(=O)O)c1. The highest BCUT2D eigenvalue weighted by atomic mass is 16.5. The first kappa shape index (κ1) is 13.3. The minimum atomic E-state index is -1.07. The Kier molecular flexibility index (Phi) is 4.34. The first-order valence-corrected chi connectivity index (χ1v) is 5.21. The second-order valence-electron chi connectivity index (χ2n) is 3.68. The first-order chi connectivity index (χ1) is 7.95. The number of ether oxygens (including phenoxy) is 2. The minimum Gasteiger partial charge on any atom is -0.497 e. The van der Waals surface area contributed by atoms with Crippen LogP contribution in [0.3, 0.4) is 0 Å². The molecule has 2 atom stereocenters. The summed E-state index contributed by atoms with van der Waals surface area (Å²) in [5, 5.41) is 18.3. The van der Waals surface area contributed by atoms with Crippen LogP contribution in [0.1, 0.15) is 25.5 Å². The van der Waals surface area contributed by atoms with Crippen molar-refractivity contribution in [3.8, 4) is 11.5 Å². The van der Waals surface area contributed by atoms with Gasteiger partial charge < -0.3 is 19.7 Å². The minimum absolute atomic E-state index is 0.314. The topological polar surface area (TPSA) is 76.0 Å². The van der Waals surface area contributed by atoms with Gasteiger partial charge in [0.25, 0.3) is 0 Å². The predicted molar refractivity (Wildman–Crippen MR) is 61.4 cm³/mol. The molecule has 17 heavy (non-hydrogen) atoms. The van der Waals surface area contributed by atoms with Crippen molar-refractivity contribution in [3.63, 3.8) is 0 Å². The first-order valence-electron chi connectivity index (χ1n) is 5.21. The zero-order valence-electron chi connectivity index (χ0n) is 10.0. The predicted octanol–water partition coefficient (Wildman–Crippen LogP) is 1.60. The molecule has 0 heterocycles. The number of carboxylic acids is 1. The van der Waals surface area contributed by atoms with Gasteiger partial charge in [-0.1, -0.05) is 0 Å². The summed E-state index contributed by atoms with van der Waals surface area (Å²) in [6.07, 6.45) is -1.73. The van der Waals surface area contributed by atoms with Crippen molar-refractivity contribution >= 4 is 5.97 Å². The summed E-state index contributed by atoms with van der Waals surface area (Å²) in [4.78, 5) is 10.7. The molecule has 1 rings (SSSR count). The Bertz CT molecular complexity index is 400. The van der Waals surface area contributed by atoms with E-state index in [1.165, 1.54) is 14.0 Å². The van der Waals surface area contributed by atoms with Crippen molar-refractivity contribution in [2.45, 2.75) is 26.1 Å². The van der Waals surface area contributed by atoms with Gasteiger partial charge in [-0.25, -0.2) is 4.79 Å². The van der Waals surface area contributed by atoms with Crippen molar-refractivity contribution in [2.24, 2.45) is 0 Å². The Morgan fingerprint density at radius 1 is 1.35 bits per heavy atom. The molecule has 0 radical (unpaired) electrons. The molecule has 0 aliphatic rings. The Morgan fingerprint density at radius 2 is 2.00 bits per heavy atom. The molecule has 0 aliphatic carbocycles. The smallest absolute Gasteiger partial charge is 0.344 e. The summed E-state index contributed by atoms with van der Waals surface area (Å²) in [6, 6.07) is 4.88. The number of methoxy groups -OCH3 is 1. The lowest BCUT2D eigenvalue weighted by Crippen LogP contribution is -2.23. The molecule has 94 valence electrons. The highest BCUT2D eigenvalue weighted by Gasteiger charge is 2.17. The van der Waals surface area contributed by atoms with Gasteiger partial charge in [0, 0.05) is 11.6 Å². The lowest BCUT2D eigenvalue weighted by atomic mass is 10.1. The largest absolute Gasteiger partial charge is 0.497 e. The van der Waals surface area contributed by atoms with Crippen molar-refractivity contribution in [2.75, 3.05) is 7.11 Å². The highest BCUT2D eigenvalue weighted by Crippen LogP contribution is 2.30. The lowest BCUT2D eigenvalue weighted by molar-refractivity contribution is -0.144. The monoisotopic (exact) mass is 240 g/mol. The van der Waals surface area contributed by atoms with Gasteiger partial charge in [-0.2, -0.15) is 0 Å². The molecular formula is C12H16O5. The van der Waals surface area contributed by atoms with Gasteiger partial charge in [0.1, 0.15) is 11.5 Å². The third kappa shape index (κ3) is 3.35. The molecule has 1 aromatic rings. The van der Waals surface area contributed by atoms with E-state index >= 15 is 0 Å². The standard InChI is InChI=1S/C12H16O5/c1-7(13)10-5-4-9(16-3)6-11(10)17-8(2)12(14)15/h4-8,13H,1-3H3,(H,14,15)/t7-,8?/m1/s1. The Morgan fingerprint density at radius 3 is 2.47 bits per heavy atom. The molecule has 0 amide bonds. The fraction of sp³-hybridized carbons (Fsp3) is 0.417. The lowest BCUT2D eigenvalue weighted by Gasteiger charge is -2.16. The van der Waals surface area contributed by atoms with Crippen molar-refractivity contribution in [1.82, 2.24) is 0 Å². The van der Waals surface area contributed by atoms with E-state index in [4.69, 9.17) is 14.6 Å². The average Bonchev–Trinajstić information content (AvgIpc) is 2.28. The third-order valence-electron chi connectivity index (χ3n) is 2.32. The van der Waals surface area contributed by atoms with Gasteiger partial charge in [-0.05, 0) is 26.0 Å². The van der Waals surface area contributed by atoms with Crippen molar-refractivity contribution < 1.29 is 24.5 Å². The second-order valence-corrected chi connectivity index (χ2v) is 3.68. The molecule has 2 N–H and O–H groups in total. The highest BCUT2D eigenvalue weighted by molar-refractivity contribution is 5.72. The van der Waals surface area contributed by atoms with Crippen LogP contribution in [0.5, 0.6) is 11.5 Å². The maximum atomic E-state index is 10.7. The molecule has 1 aromatic carbocycles. The van der Waals surface area contributed by atoms with Crippen LogP contribution in [0.2, 0.25) is 0 Å². The molecule has 0 fully saturated rings. The average molecular weight is 240 g/mol. The summed E-state index contributed by atoms with van der Waals surface area (Å²) >= 11 is 0. The Balaban J connectivity index is 3.04. The van der Waals surface area contributed by atoms with Crippen LogP contribution in [-0.2, 0) is 4.79 Å². The van der Waals surface area contributed by atoms with Gasteiger partial charge in [-0.3, -0.25) is 0 Å². The van der Waals surface area contributed by atoms with Crippen LogP contribution in [0, 0.1) is 0 Å². The molecule has 5 heteroatoms. The number of rotatable bonds is 5.